The Hall–Kier alpha value is -4.99. The molecule has 6 rings (SSSR count). The predicted octanol–water partition coefficient (Wildman–Crippen LogP) is 6.05. The Bertz CT molecular complexity index is 2620. The first kappa shape index (κ1) is 37.3. The quantitative estimate of drug-likeness (QED) is 0.199. The molecule has 0 saturated carbocycles. The lowest BCUT2D eigenvalue weighted by Crippen LogP contribution is -2.31. The summed E-state index contributed by atoms with van der Waals surface area (Å²) in [6.07, 6.45) is 3.21. The number of nitrogens with zero attached hydrogens (tertiary/aromatic N) is 6. The smallest absolute Gasteiger partial charge is 0.333 e. The number of aromatic nitrogens is 8. The van der Waals surface area contributed by atoms with E-state index in [2.05, 4.69) is 29.9 Å². The molecular weight excluding hydrogens is 733 g/mol. The van der Waals surface area contributed by atoms with Crippen molar-refractivity contribution in [1.82, 2.24) is 39.0 Å². The predicted molar refractivity (Wildman–Crippen MR) is 191 cm³/mol. The van der Waals surface area contributed by atoms with E-state index in [1.165, 1.54) is 7.11 Å². The highest BCUT2D eigenvalue weighted by molar-refractivity contribution is 6.36. The standard InChI is InChI=1S/C17H16ClFN4O3.C16H13Cl2FN4O2/c1-7(2)11-12(8(3)5-6-20-11)23-13-9(15(24)22-17(23)25)14(18)21-16(26-4)10(13)19;1-6(2)10-11(7(3)4-5-20-10)23-12-8(15(24)22-16(23)25)13(17)21-14(18)9(12)19/h5-7H,1-4H3,(H,22,24,25);4-6H,1-3H3,(H,22,24,25). The van der Waals surface area contributed by atoms with Gasteiger partial charge in [0.1, 0.15) is 32.1 Å². The minimum atomic E-state index is -0.998. The molecule has 51 heavy (non-hydrogen) atoms. The van der Waals surface area contributed by atoms with Gasteiger partial charge in [-0.1, -0.05) is 62.5 Å². The number of methoxy groups -OCH3 is 1. The normalized spacial score (nSPS) is 11.4. The summed E-state index contributed by atoms with van der Waals surface area (Å²) in [5.74, 6) is -2.47. The van der Waals surface area contributed by atoms with Crippen LogP contribution in [0.25, 0.3) is 33.2 Å². The first-order valence-corrected chi connectivity index (χ1v) is 16.3. The van der Waals surface area contributed by atoms with Crippen LogP contribution in [0.4, 0.5) is 8.78 Å². The van der Waals surface area contributed by atoms with Crippen LogP contribution in [-0.2, 0) is 0 Å². The molecule has 0 saturated heterocycles. The van der Waals surface area contributed by atoms with E-state index in [1.54, 1.807) is 38.4 Å². The molecule has 0 aliphatic heterocycles. The van der Waals surface area contributed by atoms with Crippen molar-refractivity contribution < 1.29 is 13.5 Å². The van der Waals surface area contributed by atoms with Crippen molar-refractivity contribution in [2.75, 3.05) is 7.11 Å². The fraction of sp³-hybridized carbons (Fsp3) is 0.273. The molecule has 0 aliphatic carbocycles. The SMILES string of the molecule is COc1nc(Cl)c2c(=O)[nH]c(=O)n(-c3c(C)ccnc3C(C)C)c2c1F.Cc1ccnc(C(C)C)c1-n1c(=O)[nH]c(=O)c2c(Cl)nc(Cl)c(F)c21. The summed E-state index contributed by atoms with van der Waals surface area (Å²) in [7, 11) is 1.22. The Labute approximate surface area is 301 Å². The van der Waals surface area contributed by atoms with Gasteiger partial charge in [-0.05, 0) is 48.9 Å². The third-order valence-electron chi connectivity index (χ3n) is 7.86. The van der Waals surface area contributed by atoms with E-state index in [9.17, 15) is 23.6 Å². The number of aromatic amines is 2. The molecule has 266 valence electrons. The molecule has 6 heterocycles. The van der Waals surface area contributed by atoms with Crippen molar-refractivity contribution in [1.29, 1.82) is 0 Å². The highest BCUT2D eigenvalue weighted by Crippen LogP contribution is 2.32. The van der Waals surface area contributed by atoms with Crippen LogP contribution in [0.3, 0.4) is 0 Å². The molecule has 0 spiro atoms. The first-order valence-electron chi connectivity index (χ1n) is 15.2. The lowest BCUT2D eigenvalue weighted by Gasteiger charge is -2.18. The second-order valence-electron chi connectivity index (χ2n) is 11.9. The molecule has 0 aliphatic rings. The van der Waals surface area contributed by atoms with Crippen LogP contribution >= 0.6 is 34.8 Å². The number of halogens is 5. The van der Waals surface area contributed by atoms with E-state index in [1.807, 2.05) is 27.7 Å². The zero-order valence-corrected chi connectivity index (χ0v) is 30.3. The maximum atomic E-state index is 15.0. The van der Waals surface area contributed by atoms with Gasteiger partial charge < -0.3 is 4.74 Å². The summed E-state index contributed by atoms with van der Waals surface area (Å²) < 4.78 is 36.8. The van der Waals surface area contributed by atoms with Crippen LogP contribution in [-0.4, -0.2) is 46.1 Å². The fourth-order valence-electron chi connectivity index (χ4n) is 5.59. The monoisotopic (exact) mass is 760 g/mol. The van der Waals surface area contributed by atoms with E-state index < -0.39 is 45.2 Å². The van der Waals surface area contributed by atoms with Gasteiger partial charge in [-0.2, -0.15) is 9.37 Å². The highest BCUT2D eigenvalue weighted by Gasteiger charge is 2.26. The zero-order chi connectivity index (χ0) is 37.6. The number of fused-ring (bicyclic) bond motifs is 2. The van der Waals surface area contributed by atoms with Crippen LogP contribution < -0.4 is 27.2 Å². The summed E-state index contributed by atoms with van der Waals surface area (Å²) in [6.45, 7) is 11.1. The van der Waals surface area contributed by atoms with Crippen molar-refractivity contribution >= 4 is 56.6 Å². The van der Waals surface area contributed by atoms with Gasteiger partial charge in [-0.3, -0.25) is 38.7 Å². The average molecular weight is 762 g/mol. The largest absolute Gasteiger partial charge is 0.479 e. The van der Waals surface area contributed by atoms with E-state index in [0.717, 1.165) is 9.13 Å². The maximum Gasteiger partial charge on any atom is 0.333 e. The van der Waals surface area contributed by atoms with Gasteiger partial charge in [0.15, 0.2) is 11.0 Å². The minimum absolute atomic E-state index is 0.0546. The molecule has 18 heteroatoms. The molecule has 0 unspecified atom stereocenters. The number of pyridine rings is 4. The number of aryl methyl sites for hydroxylation is 2. The Morgan fingerprint density at radius 1 is 0.686 bits per heavy atom. The molecule has 0 radical (unpaired) electrons. The maximum absolute atomic E-state index is 15.0. The average Bonchev–Trinajstić information content (AvgIpc) is 3.05. The Balaban J connectivity index is 0.000000198. The van der Waals surface area contributed by atoms with Gasteiger partial charge in [-0.25, -0.2) is 19.0 Å². The summed E-state index contributed by atoms with van der Waals surface area (Å²) >= 11 is 17.8. The molecule has 0 bridgehead atoms. The van der Waals surface area contributed by atoms with Gasteiger partial charge in [0, 0.05) is 12.4 Å². The highest BCUT2D eigenvalue weighted by atomic mass is 35.5. The number of ether oxygens (including phenoxy) is 1. The van der Waals surface area contributed by atoms with E-state index in [-0.39, 0.29) is 43.9 Å². The number of hydrogen-bond acceptors (Lipinski definition) is 9. The Kier molecular flexibility index (Phi) is 10.5. The van der Waals surface area contributed by atoms with E-state index in [4.69, 9.17) is 39.5 Å². The van der Waals surface area contributed by atoms with Crippen molar-refractivity contribution in [2.45, 2.75) is 53.4 Å². The van der Waals surface area contributed by atoms with Gasteiger partial charge in [-0.15, -0.1) is 0 Å². The lowest BCUT2D eigenvalue weighted by atomic mass is 10.0. The number of H-pyrrole nitrogens is 2. The first-order chi connectivity index (χ1) is 24.0. The molecule has 2 N–H and O–H groups in total. The molecule has 6 aromatic heterocycles. The van der Waals surface area contributed by atoms with Gasteiger partial charge in [0.25, 0.3) is 17.0 Å². The molecule has 0 amide bonds. The van der Waals surface area contributed by atoms with Gasteiger partial charge in [0.05, 0.1) is 29.9 Å². The lowest BCUT2D eigenvalue weighted by molar-refractivity contribution is 0.371. The number of rotatable bonds is 5. The Morgan fingerprint density at radius 2 is 1.10 bits per heavy atom. The van der Waals surface area contributed by atoms with E-state index in [0.29, 0.717) is 33.9 Å². The van der Waals surface area contributed by atoms with Crippen LogP contribution in [0.2, 0.25) is 15.5 Å². The second-order valence-corrected chi connectivity index (χ2v) is 13.0. The minimum Gasteiger partial charge on any atom is -0.479 e. The summed E-state index contributed by atoms with van der Waals surface area (Å²) in [4.78, 5) is 69.9. The number of hydrogen-bond donors (Lipinski definition) is 2. The molecule has 6 aromatic rings. The Morgan fingerprint density at radius 3 is 1.51 bits per heavy atom. The van der Waals surface area contributed by atoms with Gasteiger partial charge in [0.2, 0.25) is 5.82 Å². The van der Waals surface area contributed by atoms with Crippen molar-refractivity contribution in [3.63, 3.8) is 0 Å². The van der Waals surface area contributed by atoms with Crippen molar-refractivity contribution in [3.05, 3.63) is 116 Å². The second kappa shape index (κ2) is 14.3. The van der Waals surface area contributed by atoms with Crippen LogP contribution in [0.15, 0.2) is 43.7 Å². The third kappa shape index (κ3) is 6.52. The third-order valence-corrected chi connectivity index (χ3v) is 8.66. The van der Waals surface area contributed by atoms with Crippen LogP contribution in [0.5, 0.6) is 5.88 Å². The molecule has 13 nitrogen and oxygen atoms in total. The van der Waals surface area contributed by atoms with E-state index >= 15 is 4.39 Å². The fourth-order valence-corrected chi connectivity index (χ4v) is 6.32. The zero-order valence-electron chi connectivity index (χ0n) is 28.1. The summed E-state index contributed by atoms with van der Waals surface area (Å²) in [5.41, 5.74) is -0.627. The van der Waals surface area contributed by atoms with Gasteiger partial charge >= 0.3 is 11.4 Å². The summed E-state index contributed by atoms with van der Waals surface area (Å²) in [5, 5.41) is -1.56. The van der Waals surface area contributed by atoms with Crippen LogP contribution in [0.1, 0.15) is 62.0 Å². The summed E-state index contributed by atoms with van der Waals surface area (Å²) in [6, 6.07) is 3.38. The van der Waals surface area contributed by atoms with Crippen molar-refractivity contribution in [3.8, 4) is 17.3 Å². The molecule has 0 aromatic carbocycles. The molecule has 0 atom stereocenters. The van der Waals surface area contributed by atoms with Crippen LogP contribution in [0, 0.1) is 25.5 Å². The molecule has 0 fully saturated rings. The molecular formula is C33H29Cl3F2N8O5. The topological polar surface area (TPSA) is 171 Å². The van der Waals surface area contributed by atoms with Crippen molar-refractivity contribution in [2.24, 2.45) is 0 Å². The number of nitrogens with one attached hydrogen (secondary N) is 2.